The van der Waals surface area contributed by atoms with Crippen LogP contribution in [0.3, 0.4) is 0 Å². The second-order valence-corrected chi connectivity index (χ2v) is 6.89. The fourth-order valence-corrected chi connectivity index (χ4v) is 3.74. The van der Waals surface area contributed by atoms with E-state index in [-0.39, 0.29) is 11.9 Å². The third-order valence-electron chi connectivity index (χ3n) is 4.81. The van der Waals surface area contributed by atoms with Gasteiger partial charge in [0.1, 0.15) is 11.6 Å². The van der Waals surface area contributed by atoms with Crippen LogP contribution in [0.5, 0.6) is 0 Å². The number of carbonyl (C=O) groups is 1. The molecule has 0 spiro atoms. The molecular formula is C20H20ClN3O2. The van der Waals surface area contributed by atoms with E-state index in [1.807, 2.05) is 41.3 Å². The predicted octanol–water partition coefficient (Wildman–Crippen LogP) is 4.62. The van der Waals surface area contributed by atoms with Crippen molar-refractivity contribution >= 4 is 17.5 Å². The summed E-state index contributed by atoms with van der Waals surface area (Å²) in [6.07, 6.45) is 6.40. The van der Waals surface area contributed by atoms with Crippen molar-refractivity contribution in [3.8, 4) is 11.3 Å². The lowest BCUT2D eigenvalue weighted by Gasteiger charge is -2.23. The number of aryl methyl sites for hydroxylation is 1. The van der Waals surface area contributed by atoms with E-state index in [1.54, 1.807) is 12.5 Å². The Labute approximate surface area is 157 Å². The van der Waals surface area contributed by atoms with Crippen LogP contribution >= 0.6 is 11.6 Å². The number of nitrogens with one attached hydrogen (secondary N) is 1. The number of halogens is 1. The van der Waals surface area contributed by atoms with Gasteiger partial charge in [-0.1, -0.05) is 29.8 Å². The normalized spacial score (nSPS) is 17.0. The number of likely N-dealkylation sites (tertiary alicyclic amines) is 1. The van der Waals surface area contributed by atoms with Gasteiger partial charge < -0.3 is 14.3 Å². The lowest BCUT2D eigenvalue weighted by molar-refractivity contribution is -0.132. The molecule has 2 aromatic heterocycles. The molecule has 1 fully saturated rings. The van der Waals surface area contributed by atoms with E-state index in [9.17, 15) is 4.79 Å². The molecule has 4 rings (SSSR count). The van der Waals surface area contributed by atoms with Crippen molar-refractivity contribution < 1.29 is 9.21 Å². The number of aromatic amines is 1. The molecule has 1 atom stereocenters. The number of nitrogens with zero attached hydrogens (tertiary/aromatic N) is 2. The van der Waals surface area contributed by atoms with Gasteiger partial charge in [0.05, 0.1) is 24.2 Å². The molecule has 0 radical (unpaired) electrons. The predicted molar refractivity (Wildman–Crippen MR) is 99.8 cm³/mol. The Balaban J connectivity index is 1.48. The molecule has 1 N–H and O–H groups in total. The number of aromatic nitrogens is 2. The summed E-state index contributed by atoms with van der Waals surface area (Å²) in [4.78, 5) is 22.5. The van der Waals surface area contributed by atoms with Crippen LogP contribution < -0.4 is 0 Å². The second-order valence-electron chi connectivity index (χ2n) is 6.49. The highest BCUT2D eigenvalue weighted by atomic mass is 35.5. The molecule has 0 unspecified atom stereocenters. The summed E-state index contributed by atoms with van der Waals surface area (Å²) >= 11 is 6.28. The first kappa shape index (κ1) is 16.9. The first-order valence-electron chi connectivity index (χ1n) is 8.84. The Morgan fingerprint density at radius 1 is 1.31 bits per heavy atom. The highest BCUT2D eigenvalue weighted by molar-refractivity contribution is 6.33. The van der Waals surface area contributed by atoms with Crippen LogP contribution in [0.4, 0.5) is 0 Å². The molecule has 1 aliphatic heterocycles. The molecule has 0 aliphatic carbocycles. The van der Waals surface area contributed by atoms with Crippen molar-refractivity contribution in [3.05, 3.63) is 65.5 Å². The average molecular weight is 370 g/mol. The zero-order chi connectivity index (χ0) is 17.9. The number of carbonyl (C=O) groups excluding carboxylic acids is 1. The van der Waals surface area contributed by atoms with Gasteiger partial charge in [0.25, 0.3) is 0 Å². The van der Waals surface area contributed by atoms with Gasteiger partial charge in [0, 0.05) is 30.0 Å². The first-order chi connectivity index (χ1) is 12.7. The van der Waals surface area contributed by atoms with E-state index in [0.29, 0.717) is 17.9 Å². The van der Waals surface area contributed by atoms with Crippen LogP contribution in [0, 0.1) is 0 Å². The van der Waals surface area contributed by atoms with Crippen molar-refractivity contribution in [2.45, 2.75) is 31.7 Å². The molecule has 1 aliphatic rings. The molecule has 0 saturated carbocycles. The third-order valence-corrected chi connectivity index (χ3v) is 5.14. The van der Waals surface area contributed by atoms with Crippen LogP contribution in [0.2, 0.25) is 5.02 Å². The SMILES string of the molecule is O=C(CCc1ccco1)N1CCC[C@@H]1c1ncc(-c2ccccc2Cl)[nH]1. The number of imidazole rings is 1. The van der Waals surface area contributed by atoms with Gasteiger partial charge in [0.15, 0.2) is 0 Å². The molecule has 5 nitrogen and oxygen atoms in total. The van der Waals surface area contributed by atoms with Crippen LogP contribution in [-0.2, 0) is 11.2 Å². The van der Waals surface area contributed by atoms with E-state index >= 15 is 0 Å². The summed E-state index contributed by atoms with van der Waals surface area (Å²) in [7, 11) is 0. The minimum atomic E-state index is -0.00432. The minimum absolute atomic E-state index is 0.00432. The molecule has 3 aromatic rings. The van der Waals surface area contributed by atoms with Gasteiger partial charge in [-0.25, -0.2) is 4.98 Å². The molecular weight excluding hydrogens is 350 g/mol. The summed E-state index contributed by atoms with van der Waals surface area (Å²) in [5.41, 5.74) is 1.79. The molecule has 0 bridgehead atoms. The Bertz CT molecular complexity index is 888. The maximum Gasteiger partial charge on any atom is 0.223 e. The summed E-state index contributed by atoms with van der Waals surface area (Å²) in [6.45, 7) is 0.768. The summed E-state index contributed by atoms with van der Waals surface area (Å²) < 4.78 is 5.32. The summed E-state index contributed by atoms with van der Waals surface area (Å²) in [5, 5.41) is 0.681. The molecule has 3 heterocycles. The Morgan fingerprint density at radius 2 is 2.19 bits per heavy atom. The van der Waals surface area contributed by atoms with Gasteiger partial charge >= 0.3 is 0 Å². The van der Waals surface area contributed by atoms with E-state index in [4.69, 9.17) is 16.0 Å². The molecule has 1 amide bonds. The third kappa shape index (κ3) is 3.40. The number of amides is 1. The van der Waals surface area contributed by atoms with Crippen molar-refractivity contribution in [2.75, 3.05) is 6.54 Å². The molecule has 6 heteroatoms. The van der Waals surface area contributed by atoms with Gasteiger partial charge in [-0.05, 0) is 31.0 Å². The maximum absolute atomic E-state index is 12.7. The number of rotatable bonds is 5. The first-order valence-corrected chi connectivity index (χ1v) is 9.22. The van der Waals surface area contributed by atoms with E-state index in [1.165, 1.54) is 0 Å². The monoisotopic (exact) mass is 369 g/mol. The largest absolute Gasteiger partial charge is 0.469 e. The highest BCUT2D eigenvalue weighted by Gasteiger charge is 2.31. The average Bonchev–Trinajstić information content (AvgIpc) is 3.40. The number of H-pyrrole nitrogens is 1. The molecule has 134 valence electrons. The standard InChI is InChI=1S/C20H20ClN3O2/c21-16-7-2-1-6-15(16)17-13-22-20(23-17)18-8-3-11-24(18)19(25)10-9-14-5-4-12-26-14/h1-2,4-7,12-13,18H,3,8-11H2,(H,22,23)/t18-/m1/s1. The van der Waals surface area contributed by atoms with Gasteiger partial charge in [0.2, 0.25) is 5.91 Å². The molecule has 26 heavy (non-hydrogen) atoms. The van der Waals surface area contributed by atoms with Crippen LogP contribution in [0.25, 0.3) is 11.3 Å². The topological polar surface area (TPSA) is 62.1 Å². The Hall–Kier alpha value is -2.53. The van der Waals surface area contributed by atoms with Crippen LogP contribution in [-0.4, -0.2) is 27.3 Å². The van der Waals surface area contributed by atoms with E-state index < -0.39 is 0 Å². The fourth-order valence-electron chi connectivity index (χ4n) is 3.50. The number of hydrogen-bond donors (Lipinski definition) is 1. The lowest BCUT2D eigenvalue weighted by atomic mass is 10.1. The van der Waals surface area contributed by atoms with E-state index in [2.05, 4.69) is 9.97 Å². The lowest BCUT2D eigenvalue weighted by Crippen LogP contribution is -2.31. The summed E-state index contributed by atoms with van der Waals surface area (Å²) in [5.74, 6) is 1.80. The van der Waals surface area contributed by atoms with Crippen molar-refractivity contribution in [3.63, 3.8) is 0 Å². The highest BCUT2D eigenvalue weighted by Crippen LogP contribution is 2.33. The Kier molecular flexibility index (Phi) is 4.80. The van der Waals surface area contributed by atoms with Crippen molar-refractivity contribution in [1.29, 1.82) is 0 Å². The van der Waals surface area contributed by atoms with Crippen molar-refractivity contribution in [1.82, 2.24) is 14.9 Å². The number of hydrogen-bond acceptors (Lipinski definition) is 3. The molecule has 1 aromatic carbocycles. The second kappa shape index (κ2) is 7.38. The van der Waals surface area contributed by atoms with E-state index in [0.717, 1.165) is 42.2 Å². The zero-order valence-electron chi connectivity index (χ0n) is 14.3. The number of benzene rings is 1. The van der Waals surface area contributed by atoms with Gasteiger partial charge in [-0.15, -0.1) is 0 Å². The van der Waals surface area contributed by atoms with Gasteiger partial charge in [-0.3, -0.25) is 4.79 Å². The quantitative estimate of drug-likeness (QED) is 0.713. The smallest absolute Gasteiger partial charge is 0.223 e. The summed E-state index contributed by atoms with van der Waals surface area (Å²) in [6, 6.07) is 11.4. The number of furan rings is 1. The van der Waals surface area contributed by atoms with Crippen LogP contribution in [0.15, 0.2) is 53.3 Å². The zero-order valence-corrected chi connectivity index (χ0v) is 15.1. The van der Waals surface area contributed by atoms with Crippen LogP contribution in [0.1, 0.15) is 36.9 Å². The minimum Gasteiger partial charge on any atom is -0.469 e. The Morgan fingerprint density at radius 3 is 3.00 bits per heavy atom. The molecule has 1 saturated heterocycles. The van der Waals surface area contributed by atoms with Crippen molar-refractivity contribution in [2.24, 2.45) is 0 Å². The fraction of sp³-hybridized carbons (Fsp3) is 0.300. The van der Waals surface area contributed by atoms with Gasteiger partial charge in [-0.2, -0.15) is 0 Å². The maximum atomic E-state index is 12.7.